The Bertz CT molecular complexity index is 466. The molecule has 0 bridgehead atoms. The zero-order valence-electron chi connectivity index (χ0n) is 10.3. The molecule has 0 aliphatic heterocycles. The van der Waals surface area contributed by atoms with Gasteiger partial charge in [-0.05, 0) is 28.8 Å². The fourth-order valence-electron chi connectivity index (χ4n) is 1.64. The molecule has 0 radical (unpaired) electrons. The van der Waals surface area contributed by atoms with Crippen molar-refractivity contribution in [2.75, 3.05) is 0 Å². The van der Waals surface area contributed by atoms with E-state index in [1.807, 2.05) is 44.2 Å². The van der Waals surface area contributed by atoms with Crippen LogP contribution in [0.25, 0.3) is 11.1 Å². The molecule has 0 atom stereocenters. The Morgan fingerprint density at radius 2 is 1.71 bits per heavy atom. The van der Waals surface area contributed by atoms with Crippen LogP contribution in [-0.4, -0.2) is 0 Å². The number of hydrogen-bond donors (Lipinski definition) is 1. The van der Waals surface area contributed by atoms with E-state index in [4.69, 9.17) is 5.73 Å². The average Bonchev–Trinajstić information content (AvgIpc) is 2.41. The maximum atomic E-state index is 13.1. The minimum atomic E-state index is -0.223. The van der Waals surface area contributed by atoms with Gasteiger partial charge in [-0.15, -0.1) is 0 Å². The first-order chi connectivity index (χ1) is 8.31. The summed E-state index contributed by atoms with van der Waals surface area (Å²) < 4.78 is 13.1. The van der Waals surface area contributed by atoms with Crippen molar-refractivity contribution < 1.29 is 4.39 Å². The van der Waals surface area contributed by atoms with Gasteiger partial charge in [-0.2, -0.15) is 0 Å². The highest BCUT2D eigenvalue weighted by molar-refractivity contribution is 5.67. The lowest BCUT2D eigenvalue weighted by Crippen LogP contribution is -1.98. The van der Waals surface area contributed by atoms with Gasteiger partial charge in [0.25, 0.3) is 0 Å². The van der Waals surface area contributed by atoms with Crippen molar-refractivity contribution in [1.29, 1.82) is 0 Å². The van der Waals surface area contributed by atoms with Crippen LogP contribution in [0.2, 0.25) is 0 Å². The molecule has 0 aliphatic carbocycles. The fourth-order valence-corrected chi connectivity index (χ4v) is 1.64. The van der Waals surface area contributed by atoms with Gasteiger partial charge < -0.3 is 5.73 Å². The van der Waals surface area contributed by atoms with Crippen LogP contribution >= 0.6 is 0 Å². The summed E-state index contributed by atoms with van der Waals surface area (Å²) >= 11 is 0. The largest absolute Gasteiger partial charge is 0.326 e. The van der Waals surface area contributed by atoms with E-state index in [1.165, 1.54) is 12.1 Å². The van der Waals surface area contributed by atoms with Gasteiger partial charge in [-0.3, -0.25) is 0 Å². The fraction of sp³-hybridized carbons (Fsp3) is 0.200. The molecule has 2 heteroatoms. The van der Waals surface area contributed by atoms with Gasteiger partial charge in [0, 0.05) is 6.54 Å². The second-order valence-corrected chi connectivity index (χ2v) is 3.37. The van der Waals surface area contributed by atoms with Crippen molar-refractivity contribution >= 4 is 0 Å². The molecule has 0 spiro atoms. The summed E-state index contributed by atoms with van der Waals surface area (Å²) in [5.41, 5.74) is 8.53. The molecule has 0 fully saturated rings. The van der Waals surface area contributed by atoms with Crippen molar-refractivity contribution in [2.45, 2.75) is 20.4 Å². The van der Waals surface area contributed by atoms with Gasteiger partial charge in [-0.25, -0.2) is 4.39 Å². The van der Waals surface area contributed by atoms with Crippen LogP contribution in [0.3, 0.4) is 0 Å². The first kappa shape index (κ1) is 13.4. The Morgan fingerprint density at radius 1 is 1.00 bits per heavy atom. The summed E-state index contributed by atoms with van der Waals surface area (Å²) in [6, 6.07) is 14.3. The lowest BCUT2D eigenvalue weighted by Gasteiger charge is -2.07. The topological polar surface area (TPSA) is 26.0 Å². The van der Waals surface area contributed by atoms with Crippen LogP contribution in [0.4, 0.5) is 4.39 Å². The highest BCUT2D eigenvalue weighted by Crippen LogP contribution is 2.23. The molecule has 17 heavy (non-hydrogen) atoms. The standard InChI is InChI=1S/C13H12FN.C2H6/c14-12-6-3-5-10(8-12)13-7-2-1-4-11(13)9-15;1-2/h1-8H,9,15H2;1-2H3. The zero-order valence-corrected chi connectivity index (χ0v) is 10.3. The van der Waals surface area contributed by atoms with E-state index >= 15 is 0 Å². The van der Waals surface area contributed by atoms with E-state index in [0.29, 0.717) is 6.54 Å². The molecule has 90 valence electrons. The Kier molecular flexibility index (Phi) is 5.37. The minimum Gasteiger partial charge on any atom is -0.326 e. The van der Waals surface area contributed by atoms with Crippen molar-refractivity contribution in [3.8, 4) is 11.1 Å². The minimum absolute atomic E-state index is 0.223. The van der Waals surface area contributed by atoms with E-state index < -0.39 is 0 Å². The first-order valence-corrected chi connectivity index (χ1v) is 5.85. The molecule has 2 rings (SSSR count). The van der Waals surface area contributed by atoms with E-state index in [0.717, 1.165) is 16.7 Å². The van der Waals surface area contributed by atoms with Crippen LogP contribution in [0.15, 0.2) is 48.5 Å². The Labute approximate surface area is 102 Å². The molecule has 0 amide bonds. The van der Waals surface area contributed by atoms with Crippen LogP contribution in [0, 0.1) is 5.82 Å². The number of hydrogen-bond acceptors (Lipinski definition) is 1. The zero-order chi connectivity index (χ0) is 12.7. The smallest absolute Gasteiger partial charge is 0.123 e. The number of rotatable bonds is 2. The predicted octanol–water partition coefficient (Wildman–Crippen LogP) is 3.98. The molecule has 1 nitrogen and oxygen atoms in total. The Hall–Kier alpha value is -1.67. The molecule has 0 unspecified atom stereocenters. The lowest BCUT2D eigenvalue weighted by molar-refractivity contribution is 0.628. The molecule has 2 aromatic carbocycles. The monoisotopic (exact) mass is 231 g/mol. The summed E-state index contributed by atoms with van der Waals surface area (Å²) in [6.07, 6.45) is 0. The highest BCUT2D eigenvalue weighted by Gasteiger charge is 2.03. The maximum Gasteiger partial charge on any atom is 0.123 e. The van der Waals surface area contributed by atoms with E-state index in [2.05, 4.69) is 0 Å². The third-order valence-electron chi connectivity index (χ3n) is 2.37. The average molecular weight is 231 g/mol. The SMILES string of the molecule is CC.NCc1ccccc1-c1cccc(F)c1. The summed E-state index contributed by atoms with van der Waals surface area (Å²) in [4.78, 5) is 0. The van der Waals surface area contributed by atoms with E-state index in [9.17, 15) is 4.39 Å². The van der Waals surface area contributed by atoms with E-state index in [-0.39, 0.29) is 5.82 Å². The predicted molar refractivity (Wildman–Crippen MR) is 71.1 cm³/mol. The molecule has 2 aromatic rings. The molecular formula is C15H18FN. The molecule has 0 saturated heterocycles. The lowest BCUT2D eigenvalue weighted by atomic mass is 10.00. The second-order valence-electron chi connectivity index (χ2n) is 3.37. The molecule has 2 N–H and O–H groups in total. The van der Waals surface area contributed by atoms with Crippen molar-refractivity contribution in [3.05, 3.63) is 59.9 Å². The molecular weight excluding hydrogens is 213 g/mol. The summed E-state index contributed by atoms with van der Waals surface area (Å²) in [5.74, 6) is -0.223. The molecule has 0 heterocycles. The summed E-state index contributed by atoms with van der Waals surface area (Å²) in [5, 5.41) is 0. The van der Waals surface area contributed by atoms with Crippen LogP contribution in [0.1, 0.15) is 19.4 Å². The maximum absolute atomic E-state index is 13.1. The Balaban J connectivity index is 0.000000686. The van der Waals surface area contributed by atoms with Gasteiger partial charge in [0.15, 0.2) is 0 Å². The Morgan fingerprint density at radius 3 is 2.35 bits per heavy atom. The van der Waals surface area contributed by atoms with Crippen molar-refractivity contribution in [3.63, 3.8) is 0 Å². The normalized spacial score (nSPS) is 9.41. The molecule has 0 aromatic heterocycles. The van der Waals surface area contributed by atoms with Gasteiger partial charge in [0.2, 0.25) is 0 Å². The third-order valence-corrected chi connectivity index (χ3v) is 2.37. The van der Waals surface area contributed by atoms with Crippen molar-refractivity contribution in [2.24, 2.45) is 5.73 Å². The van der Waals surface area contributed by atoms with Gasteiger partial charge in [0.05, 0.1) is 0 Å². The molecule has 0 saturated carbocycles. The van der Waals surface area contributed by atoms with Crippen molar-refractivity contribution in [1.82, 2.24) is 0 Å². The summed E-state index contributed by atoms with van der Waals surface area (Å²) in [7, 11) is 0. The van der Waals surface area contributed by atoms with Gasteiger partial charge in [-0.1, -0.05) is 50.2 Å². The number of nitrogens with two attached hydrogens (primary N) is 1. The van der Waals surface area contributed by atoms with Crippen LogP contribution < -0.4 is 5.73 Å². The first-order valence-electron chi connectivity index (χ1n) is 5.85. The molecule has 0 aliphatic rings. The van der Waals surface area contributed by atoms with E-state index in [1.54, 1.807) is 6.07 Å². The number of benzene rings is 2. The van der Waals surface area contributed by atoms with Crippen LogP contribution in [0.5, 0.6) is 0 Å². The summed E-state index contributed by atoms with van der Waals surface area (Å²) in [6.45, 7) is 4.46. The third kappa shape index (κ3) is 3.40. The second kappa shape index (κ2) is 6.81. The highest BCUT2D eigenvalue weighted by atomic mass is 19.1. The van der Waals surface area contributed by atoms with Crippen LogP contribution in [-0.2, 0) is 6.54 Å². The number of halogens is 1. The van der Waals surface area contributed by atoms with Gasteiger partial charge >= 0.3 is 0 Å². The quantitative estimate of drug-likeness (QED) is 0.831. The van der Waals surface area contributed by atoms with Gasteiger partial charge in [0.1, 0.15) is 5.82 Å².